The van der Waals surface area contributed by atoms with Crippen LogP contribution in [0, 0.1) is 6.92 Å². The van der Waals surface area contributed by atoms with Crippen molar-refractivity contribution in [3.63, 3.8) is 0 Å². The molecule has 0 aliphatic rings. The Hall–Kier alpha value is -1.82. The topological polar surface area (TPSA) is 72.9 Å². The van der Waals surface area contributed by atoms with Gasteiger partial charge in [-0.25, -0.2) is 0 Å². The molecular weight excluding hydrogens is 296 g/mol. The number of benzene rings is 1. The molecule has 94 valence electrons. The fourth-order valence-electron chi connectivity index (χ4n) is 1.55. The van der Waals surface area contributed by atoms with Crippen molar-refractivity contribution < 1.29 is 4.79 Å². The van der Waals surface area contributed by atoms with Crippen LogP contribution in [0.5, 0.6) is 0 Å². The molecule has 1 heterocycles. The Bertz CT molecular complexity index is 579. The van der Waals surface area contributed by atoms with Crippen molar-refractivity contribution in [3.8, 4) is 0 Å². The van der Waals surface area contributed by atoms with Crippen LogP contribution in [0.1, 0.15) is 5.56 Å². The molecule has 6 heteroatoms. The van der Waals surface area contributed by atoms with Gasteiger partial charge in [0.2, 0.25) is 5.91 Å². The minimum Gasteiger partial charge on any atom is -0.398 e. The maximum atomic E-state index is 11.8. The lowest BCUT2D eigenvalue weighted by Crippen LogP contribution is -2.19. The molecule has 3 N–H and O–H groups in total. The summed E-state index contributed by atoms with van der Waals surface area (Å²) in [5.74, 6) is -0.140. The van der Waals surface area contributed by atoms with E-state index < -0.39 is 0 Å². The van der Waals surface area contributed by atoms with Gasteiger partial charge in [0.15, 0.2) is 0 Å². The van der Waals surface area contributed by atoms with Gasteiger partial charge >= 0.3 is 0 Å². The zero-order valence-corrected chi connectivity index (χ0v) is 11.4. The second-order valence-electron chi connectivity index (χ2n) is 3.92. The van der Waals surface area contributed by atoms with E-state index in [0.29, 0.717) is 5.69 Å². The number of nitrogens with zero attached hydrogens (tertiary/aromatic N) is 2. The van der Waals surface area contributed by atoms with Gasteiger partial charge in [-0.2, -0.15) is 5.10 Å². The molecular formula is C12H13BrN4O. The predicted molar refractivity (Wildman–Crippen MR) is 74.1 cm³/mol. The number of nitrogens with one attached hydrogen (secondary N) is 1. The van der Waals surface area contributed by atoms with Crippen LogP contribution in [-0.2, 0) is 11.3 Å². The quantitative estimate of drug-likeness (QED) is 0.854. The molecule has 0 spiro atoms. The van der Waals surface area contributed by atoms with Crippen molar-refractivity contribution in [1.82, 2.24) is 9.78 Å². The van der Waals surface area contributed by atoms with Crippen molar-refractivity contribution in [2.24, 2.45) is 0 Å². The molecule has 0 aliphatic heterocycles. The Morgan fingerprint density at radius 2 is 2.33 bits per heavy atom. The van der Waals surface area contributed by atoms with E-state index in [-0.39, 0.29) is 12.5 Å². The van der Waals surface area contributed by atoms with Crippen LogP contribution in [0.15, 0.2) is 35.1 Å². The van der Waals surface area contributed by atoms with Crippen LogP contribution in [-0.4, -0.2) is 15.7 Å². The fraction of sp³-hybridized carbons (Fsp3) is 0.167. The number of rotatable bonds is 3. The van der Waals surface area contributed by atoms with E-state index in [2.05, 4.69) is 26.3 Å². The van der Waals surface area contributed by atoms with Gasteiger partial charge in [-0.1, -0.05) is 6.07 Å². The standard InChI is InChI=1S/C12H13BrN4O/c1-8-10(14)3-2-4-11(8)16-12(18)7-17-6-9(13)5-15-17/h2-6H,7,14H2,1H3,(H,16,18). The number of carbonyl (C=O) groups is 1. The first-order valence-corrected chi connectivity index (χ1v) is 6.18. The van der Waals surface area contributed by atoms with Crippen LogP contribution in [0.25, 0.3) is 0 Å². The van der Waals surface area contributed by atoms with Gasteiger partial charge in [0.05, 0.1) is 10.7 Å². The first-order valence-electron chi connectivity index (χ1n) is 5.39. The molecule has 0 bridgehead atoms. The highest BCUT2D eigenvalue weighted by Crippen LogP contribution is 2.20. The molecule has 1 amide bonds. The Morgan fingerprint density at radius 1 is 1.56 bits per heavy atom. The van der Waals surface area contributed by atoms with Crippen molar-refractivity contribution >= 4 is 33.2 Å². The minimum atomic E-state index is -0.140. The van der Waals surface area contributed by atoms with Crippen molar-refractivity contribution in [2.45, 2.75) is 13.5 Å². The zero-order chi connectivity index (χ0) is 13.1. The Morgan fingerprint density at radius 3 is 3.00 bits per heavy atom. The highest BCUT2D eigenvalue weighted by Gasteiger charge is 2.07. The molecule has 0 radical (unpaired) electrons. The lowest BCUT2D eigenvalue weighted by atomic mass is 10.1. The summed E-state index contributed by atoms with van der Waals surface area (Å²) in [4.78, 5) is 11.8. The van der Waals surface area contributed by atoms with Crippen LogP contribution in [0.2, 0.25) is 0 Å². The normalized spacial score (nSPS) is 10.3. The van der Waals surface area contributed by atoms with Crippen LogP contribution >= 0.6 is 15.9 Å². The van der Waals surface area contributed by atoms with Gasteiger partial charge in [-0.3, -0.25) is 9.48 Å². The minimum absolute atomic E-state index is 0.140. The summed E-state index contributed by atoms with van der Waals surface area (Å²) < 4.78 is 2.40. The smallest absolute Gasteiger partial charge is 0.246 e. The van der Waals surface area contributed by atoms with Gasteiger partial charge in [0.1, 0.15) is 6.54 Å². The fourth-order valence-corrected chi connectivity index (χ4v) is 1.88. The second kappa shape index (κ2) is 5.22. The van der Waals surface area contributed by atoms with Crippen LogP contribution in [0.4, 0.5) is 11.4 Å². The van der Waals surface area contributed by atoms with Crippen molar-refractivity contribution in [1.29, 1.82) is 0 Å². The summed E-state index contributed by atoms with van der Waals surface area (Å²) >= 11 is 3.28. The summed E-state index contributed by atoms with van der Waals surface area (Å²) in [5.41, 5.74) is 8.03. The maximum absolute atomic E-state index is 11.8. The van der Waals surface area contributed by atoms with E-state index in [1.165, 1.54) is 0 Å². The Labute approximate surface area is 113 Å². The lowest BCUT2D eigenvalue weighted by Gasteiger charge is -2.10. The average molecular weight is 309 g/mol. The van der Waals surface area contributed by atoms with E-state index in [4.69, 9.17) is 5.73 Å². The number of nitrogens with two attached hydrogens (primary N) is 1. The first-order chi connectivity index (χ1) is 8.56. The van der Waals surface area contributed by atoms with E-state index in [9.17, 15) is 4.79 Å². The third kappa shape index (κ3) is 2.89. The predicted octanol–water partition coefficient (Wildman–Crippen LogP) is 2.17. The first kappa shape index (κ1) is 12.6. The van der Waals surface area contributed by atoms with E-state index >= 15 is 0 Å². The summed E-state index contributed by atoms with van der Waals surface area (Å²) in [7, 11) is 0. The number of nitrogen functional groups attached to an aromatic ring is 1. The molecule has 0 aliphatic carbocycles. The molecule has 2 aromatic rings. The largest absolute Gasteiger partial charge is 0.398 e. The molecule has 1 aromatic carbocycles. The number of carbonyl (C=O) groups excluding carboxylic acids is 1. The molecule has 0 saturated heterocycles. The van der Waals surface area contributed by atoms with Gasteiger partial charge in [-0.05, 0) is 40.5 Å². The summed E-state index contributed by atoms with van der Waals surface area (Å²) in [6, 6.07) is 5.43. The monoisotopic (exact) mass is 308 g/mol. The van der Waals surface area contributed by atoms with Crippen LogP contribution < -0.4 is 11.1 Å². The number of halogens is 1. The average Bonchev–Trinajstić information content (AvgIpc) is 2.70. The highest BCUT2D eigenvalue weighted by atomic mass is 79.9. The van der Waals surface area contributed by atoms with E-state index in [1.54, 1.807) is 23.1 Å². The number of hydrogen-bond acceptors (Lipinski definition) is 3. The molecule has 18 heavy (non-hydrogen) atoms. The zero-order valence-electron chi connectivity index (χ0n) is 9.85. The SMILES string of the molecule is Cc1c(N)cccc1NC(=O)Cn1cc(Br)cn1. The van der Waals surface area contributed by atoms with Gasteiger partial charge in [0, 0.05) is 17.6 Å². The third-order valence-electron chi connectivity index (χ3n) is 2.56. The van der Waals surface area contributed by atoms with Gasteiger partial charge < -0.3 is 11.1 Å². The second-order valence-corrected chi connectivity index (χ2v) is 4.84. The lowest BCUT2D eigenvalue weighted by molar-refractivity contribution is -0.116. The van der Waals surface area contributed by atoms with Gasteiger partial charge in [-0.15, -0.1) is 0 Å². The Kier molecular flexibility index (Phi) is 3.66. The molecule has 1 aromatic heterocycles. The van der Waals surface area contributed by atoms with Crippen LogP contribution in [0.3, 0.4) is 0 Å². The van der Waals surface area contributed by atoms with Crippen molar-refractivity contribution in [3.05, 3.63) is 40.6 Å². The molecule has 0 atom stereocenters. The van der Waals surface area contributed by atoms with E-state index in [0.717, 1.165) is 15.7 Å². The molecule has 5 nitrogen and oxygen atoms in total. The van der Waals surface area contributed by atoms with E-state index in [1.807, 2.05) is 19.1 Å². The molecule has 0 unspecified atom stereocenters. The number of amides is 1. The van der Waals surface area contributed by atoms with Gasteiger partial charge in [0.25, 0.3) is 0 Å². The third-order valence-corrected chi connectivity index (χ3v) is 2.97. The molecule has 2 rings (SSSR count). The molecule has 0 fully saturated rings. The number of hydrogen-bond donors (Lipinski definition) is 2. The molecule has 0 saturated carbocycles. The Balaban J connectivity index is 2.05. The number of anilines is 2. The highest BCUT2D eigenvalue weighted by molar-refractivity contribution is 9.10. The summed E-state index contributed by atoms with van der Waals surface area (Å²) in [6.07, 6.45) is 3.38. The maximum Gasteiger partial charge on any atom is 0.246 e. The summed E-state index contributed by atoms with van der Waals surface area (Å²) in [6.45, 7) is 2.04. The number of aromatic nitrogens is 2. The van der Waals surface area contributed by atoms with Crippen molar-refractivity contribution in [2.75, 3.05) is 11.1 Å². The summed E-state index contributed by atoms with van der Waals surface area (Å²) in [5, 5.41) is 6.84.